The Bertz CT molecular complexity index is 341. The molecule has 0 radical (unpaired) electrons. The van der Waals surface area contributed by atoms with Gasteiger partial charge < -0.3 is 0 Å². The molecular formula is C11H13ClO2Te. The monoisotopic (exact) mass is 342 g/mol. The van der Waals surface area contributed by atoms with Crippen molar-refractivity contribution in [3.8, 4) is 0 Å². The van der Waals surface area contributed by atoms with Gasteiger partial charge in [-0.3, -0.25) is 0 Å². The first kappa shape index (κ1) is 12.8. The Kier molecular flexibility index (Phi) is 4.45. The van der Waals surface area contributed by atoms with E-state index in [1.165, 1.54) is 0 Å². The van der Waals surface area contributed by atoms with Gasteiger partial charge >= 0.3 is 104 Å². The van der Waals surface area contributed by atoms with E-state index in [4.69, 9.17) is 13.7 Å². The third-order valence-electron chi connectivity index (χ3n) is 1.58. The van der Waals surface area contributed by atoms with E-state index < -0.39 is 25.4 Å². The molecule has 0 aliphatic heterocycles. The van der Waals surface area contributed by atoms with Crippen molar-refractivity contribution >= 4 is 38.3 Å². The molecule has 1 aromatic rings. The van der Waals surface area contributed by atoms with Gasteiger partial charge in [0.15, 0.2) is 0 Å². The minimum absolute atomic E-state index is 0.288. The van der Waals surface area contributed by atoms with Crippen molar-refractivity contribution in [3.05, 3.63) is 29.8 Å². The van der Waals surface area contributed by atoms with Gasteiger partial charge in [-0.1, -0.05) is 0 Å². The second-order valence-electron chi connectivity index (χ2n) is 4.10. The molecule has 0 N–H and O–H groups in total. The predicted molar refractivity (Wildman–Crippen MR) is 62.9 cm³/mol. The van der Waals surface area contributed by atoms with Gasteiger partial charge in [0, 0.05) is 0 Å². The van der Waals surface area contributed by atoms with Crippen LogP contribution in [-0.4, -0.2) is 31.4 Å². The molecule has 0 fully saturated rings. The standard InChI is InChI=1S/C11H13ClO2Te/c1-11(2,3)14-10(13)8-4-6-9(15-12)7-5-8/h4-7H,1-3H3. The molecule has 1 aromatic carbocycles. The first-order chi connectivity index (χ1) is 6.92. The Morgan fingerprint density at radius 3 is 2.20 bits per heavy atom. The van der Waals surface area contributed by atoms with Crippen molar-refractivity contribution in [1.82, 2.24) is 0 Å². The quantitative estimate of drug-likeness (QED) is 0.609. The molecule has 0 aliphatic rings. The van der Waals surface area contributed by atoms with Crippen molar-refractivity contribution < 1.29 is 9.53 Å². The normalized spacial score (nSPS) is 11.2. The molecule has 0 bridgehead atoms. The van der Waals surface area contributed by atoms with E-state index in [0.717, 1.165) is 3.61 Å². The van der Waals surface area contributed by atoms with Crippen LogP contribution in [0, 0.1) is 0 Å². The maximum atomic E-state index is 11.6. The van der Waals surface area contributed by atoms with Crippen molar-refractivity contribution in [2.75, 3.05) is 0 Å². The molecule has 0 saturated carbocycles. The number of carbonyl (C=O) groups excluding carboxylic acids is 1. The van der Waals surface area contributed by atoms with Crippen molar-refractivity contribution in [3.63, 3.8) is 0 Å². The van der Waals surface area contributed by atoms with E-state index in [0.29, 0.717) is 5.56 Å². The third kappa shape index (κ3) is 4.42. The Morgan fingerprint density at radius 2 is 1.80 bits per heavy atom. The van der Waals surface area contributed by atoms with Crippen molar-refractivity contribution in [1.29, 1.82) is 0 Å². The van der Waals surface area contributed by atoms with Crippen LogP contribution in [0.5, 0.6) is 0 Å². The molecule has 0 heterocycles. The average Bonchev–Trinajstić information content (AvgIpc) is 2.15. The second-order valence-corrected chi connectivity index (χ2v) is 6.92. The van der Waals surface area contributed by atoms with Gasteiger partial charge in [0.25, 0.3) is 0 Å². The predicted octanol–water partition coefficient (Wildman–Crippen LogP) is 2.13. The first-order valence-electron chi connectivity index (χ1n) is 4.54. The average molecular weight is 340 g/mol. The molecule has 0 atom stereocenters. The zero-order valence-corrected chi connectivity index (χ0v) is 12.0. The molecule has 0 spiro atoms. The third-order valence-corrected chi connectivity index (χ3v) is 4.06. The summed E-state index contributed by atoms with van der Waals surface area (Å²) >= 11 is -0.591. The van der Waals surface area contributed by atoms with Crippen LogP contribution in [0.25, 0.3) is 0 Å². The minimum atomic E-state index is -0.591. The van der Waals surface area contributed by atoms with Crippen LogP contribution >= 0.6 is 8.96 Å². The SMILES string of the molecule is CC(C)(C)OC(=O)c1ccc([Te]Cl)cc1. The fraction of sp³-hybridized carbons (Fsp3) is 0.364. The molecule has 15 heavy (non-hydrogen) atoms. The molecular weight excluding hydrogens is 327 g/mol. The zero-order valence-electron chi connectivity index (χ0n) is 8.91. The van der Waals surface area contributed by atoms with Crippen LogP contribution in [0.4, 0.5) is 0 Å². The number of rotatable bonds is 2. The Labute approximate surface area is 104 Å². The molecule has 2 nitrogen and oxygen atoms in total. The van der Waals surface area contributed by atoms with Crippen molar-refractivity contribution in [2.45, 2.75) is 26.4 Å². The van der Waals surface area contributed by atoms with E-state index in [2.05, 4.69) is 0 Å². The van der Waals surface area contributed by atoms with Crippen LogP contribution in [-0.2, 0) is 4.74 Å². The first-order valence-corrected chi connectivity index (χ1v) is 8.66. The molecule has 0 aliphatic carbocycles. The van der Waals surface area contributed by atoms with Gasteiger partial charge in [0.2, 0.25) is 0 Å². The number of ether oxygens (including phenoxy) is 1. The second kappa shape index (κ2) is 5.20. The summed E-state index contributed by atoms with van der Waals surface area (Å²) in [7, 11) is 5.78. The summed E-state index contributed by atoms with van der Waals surface area (Å²) in [4.78, 5) is 11.6. The van der Waals surface area contributed by atoms with Crippen LogP contribution in [0.1, 0.15) is 31.1 Å². The fourth-order valence-electron chi connectivity index (χ4n) is 0.979. The molecule has 0 amide bonds. The van der Waals surface area contributed by atoms with Crippen LogP contribution in [0.15, 0.2) is 24.3 Å². The van der Waals surface area contributed by atoms with Crippen LogP contribution in [0.3, 0.4) is 0 Å². The summed E-state index contributed by atoms with van der Waals surface area (Å²) in [6.07, 6.45) is 0. The Hall–Kier alpha value is -0.230. The fourth-order valence-corrected chi connectivity index (χ4v) is 2.35. The molecule has 0 saturated heterocycles. The van der Waals surface area contributed by atoms with Crippen LogP contribution in [0.2, 0.25) is 0 Å². The Morgan fingerprint density at radius 1 is 1.27 bits per heavy atom. The molecule has 0 unspecified atom stereocenters. The summed E-state index contributed by atoms with van der Waals surface area (Å²) in [5, 5.41) is 0. The number of esters is 1. The maximum absolute atomic E-state index is 11.6. The van der Waals surface area contributed by atoms with Gasteiger partial charge in [-0.15, -0.1) is 0 Å². The van der Waals surface area contributed by atoms with E-state index in [9.17, 15) is 4.79 Å². The molecule has 4 heteroatoms. The summed E-state index contributed by atoms with van der Waals surface area (Å²) in [6, 6.07) is 7.29. The summed E-state index contributed by atoms with van der Waals surface area (Å²) in [6.45, 7) is 5.56. The number of benzene rings is 1. The zero-order chi connectivity index (χ0) is 11.5. The van der Waals surface area contributed by atoms with Crippen LogP contribution < -0.4 is 3.61 Å². The number of halogens is 1. The summed E-state index contributed by atoms with van der Waals surface area (Å²) in [5.74, 6) is -0.288. The van der Waals surface area contributed by atoms with E-state index >= 15 is 0 Å². The van der Waals surface area contributed by atoms with E-state index in [1.807, 2.05) is 32.9 Å². The molecule has 1 rings (SSSR count). The van der Waals surface area contributed by atoms with Gasteiger partial charge in [-0.2, -0.15) is 0 Å². The summed E-state index contributed by atoms with van der Waals surface area (Å²) < 4.78 is 6.36. The molecule has 82 valence electrons. The van der Waals surface area contributed by atoms with Gasteiger partial charge in [-0.25, -0.2) is 0 Å². The van der Waals surface area contributed by atoms with Gasteiger partial charge in [0.1, 0.15) is 0 Å². The summed E-state index contributed by atoms with van der Waals surface area (Å²) in [5.41, 5.74) is 0.127. The van der Waals surface area contributed by atoms with Gasteiger partial charge in [0.05, 0.1) is 0 Å². The molecule has 0 aromatic heterocycles. The Balaban J connectivity index is 2.75. The number of hydrogen-bond acceptors (Lipinski definition) is 2. The number of hydrogen-bond donors (Lipinski definition) is 0. The van der Waals surface area contributed by atoms with Crippen molar-refractivity contribution in [2.24, 2.45) is 0 Å². The van der Waals surface area contributed by atoms with Gasteiger partial charge in [-0.05, 0) is 0 Å². The number of carbonyl (C=O) groups is 1. The van der Waals surface area contributed by atoms with E-state index in [-0.39, 0.29) is 5.97 Å². The van der Waals surface area contributed by atoms with E-state index in [1.54, 1.807) is 12.1 Å². The topological polar surface area (TPSA) is 26.3 Å².